The zero-order valence-electron chi connectivity index (χ0n) is 7.86. The molecule has 0 spiro atoms. The van der Waals surface area contributed by atoms with E-state index in [1.54, 1.807) is 6.08 Å². The molecule has 1 atom stereocenters. The van der Waals surface area contributed by atoms with Gasteiger partial charge in [0.1, 0.15) is 0 Å². The van der Waals surface area contributed by atoms with Crippen LogP contribution in [0.25, 0.3) is 6.08 Å². The molecule has 0 aromatic heterocycles. The lowest BCUT2D eigenvalue weighted by Gasteiger charge is -2.06. The molecule has 2 N–H and O–H groups in total. The maximum absolute atomic E-state index is 11.1. The molecule has 2 nitrogen and oxygen atoms in total. The van der Waals surface area contributed by atoms with E-state index in [9.17, 15) is 4.79 Å². The van der Waals surface area contributed by atoms with Crippen LogP contribution in [0, 0.1) is 6.42 Å². The van der Waals surface area contributed by atoms with Gasteiger partial charge in [0.2, 0.25) is 5.91 Å². The molecule has 14 heavy (non-hydrogen) atoms. The summed E-state index contributed by atoms with van der Waals surface area (Å²) in [4.78, 5) is 11.1. The van der Waals surface area contributed by atoms with Crippen LogP contribution in [-0.2, 0) is 11.2 Å². The summed E-state index contributed by atoms with van der Waals surface area (Å²) in [6.45, 7) is 3.71. The van der Waals surface area contributed by atoms with Crippen molar-refractivity contribution in [2.24, 2.45) is 5.73 Å². The Balaban J connectivity index is 2.43. The molecule has 0 fully saturated rings. The number of amides is 1. The van der Waals surface area contributed by atoms with E-state index in [0.717, 1.165) is 17.5 Å². The van der Waals surface area contributed by atoms with Crippen LogP contribution in [0.15, 0.2) is 24.8 Å². The van der Waals surface area contributed by atoms with Gasteiger partial charge in [-0.2, -0.15) is 0 Å². The lowest BCUT2D eigenvalue weighted by Crippen LogP contribution is -2.19. The van der Waals surface area contributed by atoms with Gasteiger partial charge in [0.05, 0.1) is 5.92 Å². The van der Waals surface area contributed by atoms with Crippen molar-refractivity contribution < 1.29 is 4.79 Å². The van der Waals surface area contributed by atoms with E-state index in [-0.39, 0.29) is 11.8 Å². The first kappa shape index (κ1) is 9.00. The second-order valence-electron chi connectivity index (χ2n) is 3.48. The van der Waals surface area contributed by atoms with E-state index >= 15 is 0 Å². The summed E-state index contributed by atoms with van der Waals surface area (Å²) in [7, 11) is 0. The maximum Gasteiger partial charge on any atom is 0.225 e. The normalized spacial score (nSPS) is 19.0. The summed E-state index contributed by atoms with van der Waals surface area (Å²) >= 11 is 0. The third-order valence-electron chi connectivity index (χ3n) is 2.62. The van der Waals surface area contributed by atoms with E-state index < -0.39 is 0 Å². The standard InChI is InChI=1S/C12H12NO/c1-2-8-3-5-10-9(7-8)4-6-11(10)12(13)14/h2-3,5-7,11H,1,4H2,(H2,13,14)/t11-/m1/s1. The highest BCUT2D eigenvalue weighted by Crippen LogP contribution is 2.32. The lowest BCUT2D eigenvalue weighted by molar-refractivity contribution is -0.118. The number of hydrogen-bond acceptors (Lipinski definition) is 1. The Bertz CT molecular complexity index is 395. The molecule has 0 saturated carbocycles. The largest absolute Gasteiger partial charge is 0.369 e. The first-order chi connectivity index (χ1) is 6.72. The molecular weight excluding hydrogens is 174 g/mol. The number of rotatable bonds is 2. The van der Waals surface area contributed by atoms with Crippen LogP contribution >= 0.6 is 0 Å². The predicted molar refractivity (Wildman–Crippen MR) is 56.5 cm³/mol. The summed E-state index contributed by atoms with van der Waals surface area (Å²) in [5.41, 5.74) is 8.61. The van der Waals surface area contributed by atoms with Crippen molar-refractivity contribution in [3.05, 3.63) is 47.9 Å². The predicted octanol–water partition coefficient (Wildman–Crippen LogP) is 1.66. The first-order valence-electron chi connectivity index (χ1n) is 4.60. The number of nitrogens with two attached hydrogens (primary N) is 1. The summed E-state index contributed by atoms with van der Waals surface area (Å²) in [5, 5.41) is 0. The zero-order chi connectivity index (χ0) is 10.1. The van der Waals surface area contributed by atoms with Gasteiger partial charge in [0.15, 0.2) is 0 Å². The number of carbonyl (C=O) groups is 1. The van der Waals surface area contributed by atoms with E-state index in [4.69, 9.17) is 5.73 Å². The quantitative estimate of drug-likeness (QED) is 0.750. The molecule has 1 aliphatic carbocycles. The highest BCUT2D eigenvalue weighted by atomic mass is 16.1. The second-order valence-corrected chi connectivity index (χ2v) is 3.48. The number of benzene rings is 1. The topological polar surface area (TPSA) is 43.1 Å². The van der Waals surface area contributed by atoms with Gasteiger partial charge >= 0.3 is 0 Å². The summed E-state index contributed by atoms with van der Waals surface area (Å²) in [6.07, 6.45) is 4.59. The highest BCUT2D eigenvalue weighted by Gasteiger charge is 2.26. The molecule has 71 valence electrons. The zero-order valence-corrected chi connectivity index (χ0v) is 7.86. The third-order valence-corrected chi connectivity index (χ3v) is 2.62. The summed E-state index contributed by atoms with van der Waals surface area (Å²) in [5.74, 6) is -0.473. The highest BCUT2D eigenvalue weighted by molar-refractivity contribution is 5.85. The molecule has 2 heteroatoms. The number of primary amides is 1. The minimum absolute atomic E-state index is 0.205. The maximum atomic E-state index is 11.1. The molecule has 0 bridgehead atoms. The van der Waals surface area contributed by atoms with E-state index in [2.05, 4.69) is 12.6 Å². The molecule has 0 saturated heterocycles. The van der Waals surface area contributed by atoms with Crippen LogP contribution in [-0.4, -0.2) is 5.91 Å². The Morgan fingerprint density at radius 2 is 2.36 bits per heavy atom. The fourth-order valence-corrected chi connectivity index (χ4v) is 1.87. The molecule has 1 aliphatic rings. The van der Waals surface area contributed by atoms with Crippen molar-refractivity contribution in [2.45, 2.75) is 12.3 Å². The number of hydrogen-bond donors (Lipinski definition) is 1. The molecule has 2 rings (SSSR count). The van der Waals surface area contributed by atoms with Crippen molar-refractivity contribution in [1.29, 1.82) is 0 Å². The molecule has 0 aliphatic heterocycles. The Hall–Kier alpha value is -1.57. The van der Waals surface area contributed by atoms with Crippen LogP contribution in [0.1, 0.15) is 22.6 Å². The van der Waals surface area contributed by atoms with Gasteiger partial charge in [-0.1, -0.05) is 30.9 Å². The Morgan fingerprint density at radius 3 is 3.00 bits per heavy atom. The van der Waals surface area contributed by atoms with Crippen molar-refractivity contribution in [1.82, 2.24) is 0 Å². The van der Waals surface area contributed by atoms with E-state index in [0.29, 0.717) is 0 Å². The van der Waals surface area contributed by atoms with Crippen LogP contribution in [0.2, 0.25) is 0 Å². The van der Waals surface area contributed by atoms with Gasteiger partial charge in [-0.3, -0.25) is 4.79 Å². The second kappa shape index (κ2) is 3.29. The Kier molecular flexibility index (Phi) is 2.12. The average molecular weight is 186 g/mol. The van der Waals surface area contributed by atoms with Gasteiger partial charge in [-0.05, 0) is 29.5 Å². The lowest BCUT2D eigenvalue weighted by atomic mass is 9.99. The van der Waals surface area contributed by atoms with Crippen LogP contribution in [0.3, 0.4) is 0 Å². The van der Waals surface area contributed by atoms with Crippen molar-refractivity contribution in [2.75, 3.05) is 0 Å². The molecule has 0 heterocycles. The van der Waals surface area contributed by atoms with Crippen LogP contribution in [0.5, 0.6) is 0 Å². The van der Waals surface area contributed by atoms with Gasteiger partial charge in [-0.25, -0.2) is 0 Å². The molecule has 1 radical (unpaired) electrons. The third kappa shape index (κ3) is 1.33. The van der Waals surface area contributed by atoms with Crippen molar-refractivity contribution in [3.8, 4) is 0 Å². The van der Waals surface area contributed by atoms with Gasteiger partial charge < -0.3 is 5.73 Å². The molecule has 1 amide bonds. The van der Waals surface area contributed by atoms with Crippen molar-refractivity contribution >= 4 is 12.0 Å². The van der Waals surface area contributed by atoms with E-state index in [1.807, 2.05) is 18.6 Å². The Labute approximate surface area is 83.4 Å². The molecule has 1 aromatic carbocycles. The molecule has 0 unspecified atom stereocenters. The van der Waals surface area contributed by atoms with Crippen molar-refractivity contribution in [3.63, 3.8) is 0 Å². The fraction of sp³-hybridized carbons (Fsp3) is 0.167. The monoisotopic (exact) mass is 186 g/mol. The van der Waals surface area contributed by atoms with Gasteiger partial charge in [0.25, 0.3) is 0 Å². The number of fused-ring (bicyclic) bond motifs is 1. The summed E-state index contributed by atoms with van der Waals surface area (Å²) in [6, 6.07) is 5.98. The summed E-state index contributed by atoms with van der Waals surface area (Å²) < 4.78 is 0. The minimum atomic E-state index is -0.268. The fourth-order valence-electron chi connectivity index (χ4n) is 1.87. The molecular formula is C12H12NO. The number of carbonyl (C=O) groups excluding carboxylic acids is 1. The SMILES string of the molecule is C=Cc1ccc2c(c1)C[CH][C@H]2C(N)=O. The van der Waals surface area contributed by atoms with Crippen LogP contribution < -0.4 is 5.73 Å². The van der Waals surface area contributed by atoms with Gasteiger partial charge in [0, 0.05) is 0 Å². The minimum Gasteiger partial charge on any atom is -0.369 e. The smallest absolute Gasteiger partial charge is 0.225 e. The molecule has 1 aromatic rings. The Morgan fingerprint density at radius 1 is 1.57 bits per heavy atom. The van der Waals surface area contributed by atoms with Gasteiger partial charge in [-0.15, -0.1) is 0 Å². The average Bonchev–Trinajstić information content (AvgIpc) is 2.59. The first-order valence-corrected chi connectivity index (χ1v) is 4.60. The van der Waals surface area contributed by atoms with Crippen LogP contribution in [0.4, 0.5) is 0 Å². The van der Waals surface area contributed by atoms with E-state index in [1.165, 1.54) is 5.56 Å².